The van der Waals surface area contributed by atoms with Crippen LogP contribution in [-0.4, -0.2) is 49.5 Å². The van der Waals surface area contributed by atoms with Crippen LogP contribution in [0.4, 0.5) is 0 Å². The number of para-hydroxylation sites is 1. The normalized spacial score (nSPS) is 11.2. The van der Waals surface area contributed by atoms with Crippen molar-refractivity contribution in [3.8, 4) is 28.5 Å². The van der Waals surface area contributed by atoms with Crippen LogP contribution in [0.3, 0.4) is 0 Å². The topological polar surface area (TPSA) is 99.2 Å². The number of nitrogens with zero attached hydrogens (tertiary/aromatic N) is 6. The van der Waals surface area contributed by atoms with Crippen molar-refractivity contribution < 1.29 is 9.53 Å². The fourth-order valence-corrected chi connectivity index (χ4v) is 4.98. The van der Waals surface area contributed by atoms with E-state index in [0.29, 0.717) is 16.0 Å². The lowest BCUT2D eigenvalue weighted by molar-refractivity contribution is -0.118. The number of nitrogens with one attached hydrogen (secondary N) is 1. The molecule has 1 N–H and O–H groups in total. The van der Waals surface area contributed by atoms with Crippen molar-refractivity contribution in [3.63, 3.8) is 0 Å². The molecule has 202 valence electrons. The van der Waals surface area contributed by atoms with E-state index in [4.69, 9.17) is 16.3 Å². The average Bonchev–Trinajstić information content (AvgIpc) is 3.53. The van der Waals surface area contributed by atoms with Gasteiger partial charge in [-0.1, -0.05) is 41.6 Å². The van der Waals surface area contributed by atoms with Gasteiger partial charge in [0.05, 0.1) is 36.2 Å². The monoisotopic (exact) mass is 571 g/mol. The summed E-state index contributed by atoms with van der Waals surface area (Å²) in [5.74, 6) is 1.19. The van der Waals surface area contributed by atoms with Gasteiger partial charge >= 0.3 is 0 Å². The molecular formula is C29H26ClN7O2S. The van der Waals surface area contributed by atoms with Crippen LogP contribution in [0.25, 0.3) is 22.8 Å². The first kappa shape index (κ1) is 27.2. The minimum atomic E-state index is -0.274. The molecule has 2 heterocycles. The Morgan fingerprint density at radius 1 is 1.00 bits per heavy atom. The Morgan fingerprint density at radius 3 is 2.42 bits per heavy atom. The van der Waals surface area contributed by atoms with Gasteiger partial charge in [0.15, 0.2) is 11.0 Å². The number of aryl methyl sites for hydroxylation is 1. The lowest BCUT2D eigenvalue weighted by atomic mass is 10.2. The highest BCUT2D eigenvalue weighted by Gasteiger charge is 2.18. The highest BCUT2D eigenvalue weighted by atomic mass is 35.5. The lowest BCUT2D eigenvalue weighted by Crippen LogP contribution is -2.20. The first-order valence-corrected chi connectivity index (χ1v) is 13.7. The van der Waals surface area contributed by atoms with E-state index in [2.05, 4.69) is 25.8 Å². The standard InChI is InChI=1S/C29H26ClN7O2S/c1-19-26(20(2)37(35-19)24-7-5-4-6-8-24)17-31-32-27(38)18-40-29-34-33-28(21-9-15-25(39-3)16-10-21)36(29)23-13-11-22(30)12-14-23/h4-17H,18H2,1-3H3,(H,32,38). The first-order chi connectivity index (χ1) is 19.4. The van der Waals surface area contributed by atoms with Gasteiger partial charge in [0.1, 0.15) is 5.75 Å². The van der Waals surface area contributed by atoms with Crippen molar-refractivity contribution in [1.29, 1.82) is 0 Å². The Morgan fingerprint density at radius 2 is 1.73 bits per heavy atom. The molecule has 0 unspecified atom stereocenters. The smallest absolute Gasteiger partial charge is 0.250 e. The summed E-state index contributed by atoms with van der Waals surface area (Å²) in [4.78, 5) is 12.7. The van der Waals surface area contributed by atoms with Gasteiger partial charge in [0.25, 0.3) is 5.91 Å². The summed E-state index contributed by atoms with van der Waals surface area (Å²) >= 11 is 7.38. The molecule has 0 aliphatic rings. The number of hydrazone groups is 1. The molecule has 1 amide bonds. The minimum Gasteiger partial charge on any atom is -0.497 e. The van der Waals surface area contributed by atoms with Gasteiger partial charge in [0.2, 0.25) is 0 Å². The molecule has 0 bridgehead atoms. The van der Waals surface area contributed by atoms with Crippen molar-refractivity contribution in [3.05, 3.63) is 101 Å². The number of benzene rings is 3. The van der Waals surface area contributed by atoms with Gasteiger partial charge < -0.3 is 4.74 Å². The quantitative estimate of drug-likeness (QED) is 0.140. The van der Waals surface area contributed by atoms with Crippen LogP contribution in [0.15, 0.2) is 89.1 Å². The van der Waals surface area contributed by atoms with Crippen molar-refractivity contribution in [1.82, 2.24) is 30.0 Å². The average molecular weight is 572 g/mol. The summed E-state index contributed by atoms with van der Waals surface area (Å²) in [7, 11) is 1.62. The molecule has 2 aromatic heterocycles. The first-order valence-electron chi connectivity index (χ1n) is 12.4. The maximum absolute atomic E-state index is 12.7. The van der Waals surface area contributed by atoms with Crippen molar-refractivity contribution in [2.45, 2.75) is 19.0 Å². The van der Waals surface area contributed by atoms with Crippen LogP contribution in [0.2, 0.25) is 5.02 Å². The zero-order valence-corrected chi connectivity index (χ0v) is 23.6. The molecule has 9 nitrogen and oxygen atoms in total. The van der Waals surface area contributed by atoms with E-state index in [0.717, 1.165) is 39.6 Å². The van der Waals surface area contributed by atoms with E-state index in [1.165, 1.54) is 11.8 Å². The van der Waals surface area contributed by atoms with Gasteiger partial charge in [0, 0.05) is 21.8 Å². The summed E-state index contributed by atoms with van der Waals surface area (Å²) in [5, 5.41) is 18.8. The van der Waals surface area contributed by atoms with Gasteiger partial charge in [-0.3, -0.25) is 9.36 Å². The highest BCUT2D eigenvalue weighted by molar-refractivity contribution is 7.99. The summed E-state index contributed by atoms with van der Waals surface area (Å²) < 4.78 is 9.03. The summed E-state index contributed by atoms with van der Waals surface area (Å²) in [5.41, 5.74) is 7.84. The van der Waals surface area contributed by atoms with E-state index in [1.54, 1.807) is 25.5 Å². The Balaban J connectivity index is 1.31. The Labute approximate surface area is 240 Å². The fourth-order valence-electron chi connectivity index (χ4n) is 4.11. The van der Waals surface area contributed by atoms with E-state index in [1.807, 2.05) is 89.8 Å². The fraction of sp³-hybridized carbons (Fsp3) is 0.138. The van der Waals surface area contributed by atoms with E-state index >= 15 is 0 Å². The van der Waals surface area contributed by atoms with Crippen LogP contribution in [0.1, 0.15) is 17.0 Å². The maximum Gasteiger partial charge on any atom is 0.250 e. The third kappa shape index (κ3) is 5.93. The molecule has 0 saturated carbocycles. The maximum atomic E-state index is 12.7. The van der Waals surface area contributed by atoms with Crippen molar-refractivity contribution in [2.75, 3.05) is 12.9 Å². The number of amides is 1. The molecule has 5 aromatic rings. The van der Waals surface area contributed by atoms with Crippen LogP contribution < -0.4 is 10.2 Å². The second-order valence-electron chi connectivity index (χ2n) is 8.76. The van der Waals surface area contributed by atoms with Crippen LogP contribution in [0, 0.1) is 13.8 Å². The minimum absolute atomic E-state index is 0.0902. The molecule has 11 heteroatoms. The molecule has 0 spiro atoms. The van der Waals surface area contributed by atoms with Crippen molar-refractivity contribution >= 4 is 35.5 Å². The Kier molecular flexibility index (Phi) is 8.28. The number of halogens is 1. The molecule has 0 radical (unpaired) electrons. The summed E-state index contributed by atoms with van der Waals surface area (Å²) in [6.07, 6.45) is 1.62. The summed E-state index contributed by atoms with van der Waals surface area (Å²) in [6.45, 7) is 3.88. The van der Waals surface area contributed by atoms with Crippen LogP contribution in [0.5, 0.6) is 5.75 Å². The number of thioether (sulfide) groups is 1. The zero-order chi connectivity index (χ0) is 28.1. The number of carbonyl (C=O) groups is 1. The number of rotatable bonds is 9. The largest absolute Gasteiger partial charge is 0.497 e. The molecule has 3 aromatic carbocycles. The SMILES string of the molecule is COc1ccc(-c2nnc(SCC(=O)NN=Cc3c(C)nn(-c4ccccc4)c3C)n2-c2ccc(Cl)cc2)cc1. The third-order valence-electron chi connectivity index (χ3n) is 6.13. The number of carbonyl (C=O) groups excluding carboxylic acids is 1. The molecule has 0 saturated heterocycles. The molecule has 0 aliphatic heterocycles. The zero-order valence-electron chi connectivity index (χ0n) is 22.1. The number of ether oxygens (including phenoxy) is 1. The van der Waals surface area contributed by atoms with Gasteiger partial charge in [-0.15, -0.1) is 10.2 Å². The molecule has 0 fully saturated rings. The predicted octanol–water partition coefficient (Wildman–Crippen LogP) is 5.64. The van der Waals surface area contributed by atoms with Crippen molar-refractivity contribution in [2.24, 2.45) is 5.10 Å². The van der Waals surface area contributed by atoms with Gasteiger partial charge in [-0.25, -0.2) is 10.1 Å². The van der Waals surface area contributed by atoms with E-state index < -0.39 is 0 Å². The summed E-state index contributed by atoms with van der Waals surface area (Å²) in [6, 6.07) is 24.8. The molecule has 0 atom stereocenters. The third-order valence-corrected chi connectivity index (χ3v) is 7.31. The number of hydrogen-bond donors (Lipinski definition) is 1. The second-order valence-corrected chi connectivity index (χ2v) is 10.1. The Bertz CT molecular complexity index is 1650. The van der Waals surface area contributed by atoms with Gasteiger partial charge in [-0.2, -0.15) is 10.2 Å². The molecular weight excluding hydrogens is 546 g/mol. The molecule has 5 rings (SSSR count). The number of aromatic nitrogens is 5. The molecule has 40 heavy (non-hydrogen) atoms. The number of methoxy groups -OCH3 is 1. The lowest BCUT2D eigenvalue weighted by Gasteiger charge is -2.11. The second kappa shape index (κ2) is 12.2. The van der Waals surface area contributed by atoms with E-state index in [9.17, 15) is 4.79 Å². The molecule has 0 aliphatic carbocycles. The highest BCUT2D eigenvalue weighted by Crippen LogP contribution is 2.29. The van der Waals surface area contributed by atoms with Gasteiger partial charge in [-0.05, 0) is 74.5 Å². The number of hydrogen-bond acceptors (Lipinski definition) is 7. The predicted molar refractivity (Wildman–Crippen MR) is 158 cm³/mol. The Hall–Kier alpha value is -4.41. The van der Waals surface area contributed by atoms with Crippen LogP contribution in [-0.2, 0) is 4.79 Å². The van der Waals surface area contributed by atoms with Crippen LogP contribution >= 0.6 is 23.4 Å². The van der Waals surface area contributed by atoms with E-state index in [-0.39, 0.29) is 11.7 Å².